The van der Waals surface area contributed by atoms with Crippen LogP contribution in [0.2, 0.25) is 0 Å². The van der Waals surface area contributed by atoms with Gasteiger partial charge in [0, 0.05) is 10.9 Å². The predicted octanol–water partition coefficient (Wildman–Crippen LogP) is 4.55. The Morgan fingerprint density at radius 2 is 1.82 bits per heavy atom. The first kappa shape index (κ1) is 9.06. The van der Waals surface area contributed by atoms with Gasteiger partial charge in [-0.25, -0.2) is 0 Å². The Bertz CT molecular complexity index is 747. The molecule has 1 aliphatic carbocycles. The van der Waals surface area contributed by atoms with Crippen molar-refractivity contribution in [1.29, 1.82) is 0 Å². The molecule has 0 atom stereocenters. The molecule has 0 radical (unpaired) electrons. The Morgan fingerprint density at radius 3 is 2.71 bits per heavy atom. The van der Waals surface area contributed by atoms with E-state index in [4.69, 9.17) is 4.42 Å². The molecular weight excluding hydrogens is 208 g/mol. The first-order valence-corrected chi connectivity index (χ1v) is 6.02. The van der Waals surface area contributed by atoms with Gasteiger partial charge in [-0.3, -0.25) is 0 Å². The molecule has 1 heterocycles. The van der Waals surface area contributed by atoms with Crippen LogP contribution in [0.15, 0.2) is 46.9 Å². The molecule has 0 bridgehead atoms. The lowest BCUT2D eigenvalue weighted by atomic mass is 9.99. The third-order valence-electron chi connectivity index (χ3n) is 3.52. The normalized spacial score (nSPS) is 14.4. The lowest BCUT2D eigenvalue weighted by Gasteiger charge is -2.02. The standard InChI is InChI=1S/C16H12O/c1-2-6-12-10-16-14(9-11(12)5-1)13-7-3-4-8-15(13)17-16/h1-2,4-6,8-10H,3,7H2. The Balaban J connectivity index is 2.16. The largest absolute Gasteiger partial charge is 0.456 e. The molecule has 0 fully saturated rings. The number of benzene rings is 2. The van der Waals surface area contributed by atoms with Crippen molar-refractivity contribution in [2.45, 2.75) is 12.8 Å². The van der Waals surface area contributed by atoms with Gasteiger partial charge in [-0.05, 0) is 41.8 Å². The molecule has 0 N–H and O–H groups in total. The first-order chi connectivity index (χ1) is 8.42. The number of rotatable bonds is 0. The lowest BCUT2D eigenvalue weighted by molar-refractivity contribution is 0.596. The molecule has 0 saturated carbocycles. The van der Waals surface area contributed by atoms with E-state index in [9.17, 15) is 0 Å². The molecule has 1 nitrogen and oxygen atoms in total. The number of furan rings is 1. The third-order valence-corrected chi connectivity index (χ3v) is 3.52. The molecule has 17 heavy (non-hydrogen) atoms. The van der Waals surface area contributed by atoms with Crippen molar-refractivity contribution in [3.63, 3.8) is 0 Å². The van der Waals surface area contributed by atoms with Gasteiger partial charge in [0.2, 0.25) is 0 Å². The molecule has 1 aliphatic rings. The summed E-state index contributed by atoms with van der Waals surface area (Å²) in [4.78, 5) is 0. The third kappa shape index (κ3) is 1.26. The van der Waals surface area contributed by atoms with Crippen LogP contribution in [0.4, 0.5) is 0 Å². The summed E-state index contributed by atoms with van der Waals surface area (Å²) >= 11 is 0. The summed E-state index contributed by atoms with van der Waals surface area (Å²) < 4.78 is 5.91. The monoisotopic (exact) mass is 220 g/mol. The minimum absolute atomic E-state index is 1.01. The highest BCUT2D eigenvalue weighted by molar-refractivity contribution is 5.98. The SMILES string of the molecule is C1=Cc2oc3cc4ccccc4cc3c2CC1. The van der Waals surface area contributed by atoms with Crippen LogP contribution in [0, 0.1) is 0 Å². The van der Waals surface area contributed by atoms with Gasteiger partial charge in [-0.1, -0.05) is 30.3 Å². The maximum absolute atomic E-state index is 5.91. The average Bonchev–Trinajstić information content (AvgIpc) is 2.73. The zero-order valence-electron chi connectivity index (χ0n) is 9.44. The second kappa shape index (κ2) is 3.24. The fourth-order valence-electron chi connectivity index (χ4n) is 2.66. The van der Waals surface area contributed by atoms with Crippen LogP contribution in [0.1, 0.15) is 17.7 Å². The van der Waals surface area contributed by atoms with Crippen LogP contribution in [0.25, 0.3) is 27.8 Å². The molecule has 1 heteroatoms. The average molecular weight is 220 g/mol. The Kier molecular flexibility index (Phi) is 1.72. The molecule has 82 valence electrons. The summed E-state index contributed by atoms with van der Waals surface area (Å²) in [5.74, 6) is 1.04. The summed E-state index contributed by atoms with van der Waals surface area (Å²) in [5, 5.41) is 3.82. The first-order valence-electron chi connectivity index (χ1n) is 6.02. The van der Waals surface area contributed by atoms with E-state index in [1.807, 2.05) is 0 Å². The van der Waals surface area contributed by atoms with E-state index in [-0.39, 0.29) is 0 Å². The summed E-state index contributed by atoms with van der Waals surface area (Å²) in [5.41, 5.74) is 2.38. The molecule has 4 rings (SSSR count). The van der Waals surface area contributed by atoms with E-state index >= 15 is 0 Å². The van der Waals surface area contributed by atoms with E-state index in [0.29, 0.717) is 0 Å². The smallest absolute Gasteiger partial charge is 0.135 e. The van der Waals surface area contributed by atoms with Crippen molar-refractivity contribution < 1.29 is 4.42 Å². The maximum atomic E-state index is 5.91. The minimum atomic E-state index is 1.01. The molecule has 3 aromatic rings. The highest BCUT2D eigenvalue weighted by Gasteiger charge is 2.14. The van der Waals surface area contributed by atoms with Crippen LogP contribution in [-0.2, 0) is 6.42 Å². The second-order valence-electron chi connectivity index (χ2n) is 4.58. The number of hydrogen-bond acceptors (Lipinski definition) is 1. The van der Waals surface area contributed by atoms with E-state index < -0.39 is 0 Å². The topological polar surface area (TPSA) is 13.1 Å². The fourth-order valence-corrected chi connectivity index (χ4v) is 2.66. The van der Waals surface area contributed by atoms with Gasteiger partial charge < -0.3 is 4.42 Å². The van der Waals surface area contributed by atoms with Crippen molar-refractivity contribution in [2.75, 3.05) is 0 Å². The summed E-state index contributed by atoms with van der Waals surface area (Å²) in [6.07, 6.45) is 6.50. The van der Waals surface area contributed by atoms with Crippen LogP contribution < -0.4 is 0 Å². The van der Waals surface area contributed by atoms with Gasteiger partial charge in [0.25, 0.3) is 0 Å². The van der Waals surface area contributed by atoms with Crippen LogP contribution >= 0.6 is 0 Å². The van der Waals surface area contributed by atoms with E-state index in [1.54, 1.807) is 0 Å². The second-order valence-corrected chi connectivity index (χ2v) is 4.58. The van der Waals surface area contributed by atoms with Gasteiger partial charge >= 0.3 is 0 Å². The molecule has 0 saturated heterocycles. The zero-order valence-corrected chi connectivity index (χ0v) is 9.44. The van der Waals surface area contributed by atoms with Gasteiger partial charge in [0.1, 0.15) is 11.3 Å². The summed E-state index contributed by atoms with van der Waals surface area (Å²) in [7, 11) is 0. The Labute approximate surface area is 99.4 Å². The highest BCUT2D eigenvalue weighted by atomic mass is 16.3. The number of hydrogen-bond donors (Lipinski definition) is 0. The highest BCUT2D eigenvalue weighted by Crippen LogP contribution is 2.33. The zero-order chi connectivity index (χ0) is 11.2. The molecular formula is C16H12O. The van der Waals surface area contributed by atoms with Crippen molar-refractivity contribution in [3.05, 3.63) is 53.8 Å². The number of fused-ring (bicyclic) bond motifs is 4. The van der Waals surface area contributed by atoms with Gasteiger partial charge in [0.05, 0.1) is 0 Å². The van der Waals surface area contributed by atoms with Crippen LogP contribution in [0.3, 0.4) is 0 Å². The summed E-state index contributed by atoms with van der Waals surface area (Å²) in [6, 6.07) is 12.8. The molecule has 1 aromatic heterocycles. The quantitative estimate of drug-likeness (QED) is 0.542. The molecule has 0 aliphatic heterocycles. The van der Waals surface area contributed by atoms with Gasteiger partial charge in [-0.15, -0.1) is 0 Å². The van der Waals surface area contributed by atoms with Crippen molar-refractivity contribution >= 4 is 27.8 Å². The van der Waals surface area contributed by atoms with Crippen molar-refractivity contribution in [1.82, 2.24) is 0 Å². The van der Waals surface area contributed by atoms with Crippen molar-refractivity contribution in [3.8, 4) is 0 Å². The predicted molar refractivity (Wildman–Crippen MR) is 71.1 cm³/mol. The Hall–Kier alpha value is -2.02. The molecule has 2 aromatic carbocycles. The molecule has 0 unspecified atom stereocenters. The molecule has 0 spiro atoms. The molecule has 0 amide bonds. The van der Waals surface area contributed by atoms with Crippen LogP contribution in [-0.4, -0.2) is 0 Å². The maximum Gasteiger partial charge on any atom is 0.135 e. The van der Waals surface area contributed by atoms with E-state index in [1.165, 1.54) is 21.7 Å². The lowest BCUT2D eigenvalue weighted by Crippen LogP contribution is -1.88. The van der Waals surface area contributed by atoms with Gasteiger partial charge in [0.15, 0.2) is 0 Å². The van der Waals surface area contributed by atoms with Gasteiger partial charge in [-0.2, -0.15) is 0 Å². The van der Waals surface area contributed by atoms with E-state index in [0.717, 1.165) is 24.2 Å². The number of allylic oxidation sites excluding steroid dienone is 1. The fraction of sp³-hybridized carbons (Fsp3) is 0.125. The van der Waals surface area contributed by atoms with Crippen molar-refractivity contribution in [2.24, 2.45) is 0 Å². The Morgan fingerprint density at radius 1 is 1.00 bits per heavy atom. The summed E-state index contributed by atoms with van der Waals surface area (Å²) in [6.45, 7) is 0. The number of aryl methyl sites for hydroxylation is 1. The van der Waals surface area contributed by atoms with Crippen LogP contribution in [0.5, 0.6) is 0 Å². The minimum Gasteiger partial charge on any atom is -0.456 e. The van der Waals surface area contributed by atoms with E-state index in [2.05, 4.69) is 48.6 Å².